The van der Waals surface area contributed by atoms with E-state index in [4.69, 9.17) is 0 Å². The van der Waals surface area contributed by atoms with Crippen molar-refractivity contribution in [1.82, 2.24) is 34.3 Å². The molecule has 4 aromatic rings. The van der Waals surface area contributed by atoms with Crippen molar-refractivity contribution in [1.29, 1.82) is 0 Å². The Balaban J connectivity index is 1.55. The van der Waals surface area contributed by atoms with Crippen LogP contribution in [-0.2, 0) is 6.54 Å². The molecule has 3 heterocycles. The fraction of sp³-hybridized carbons (Fsp3) is 0.211. The van der Waals surface area contributed by atoms with Crippen LogP contribution in [0.4, 0.5) is 0 Å². The summed E-state index contributed by atoms with van der Waals surface area (Å²) in [5.41, 5.74) is 4.00. The highest BCUT2D eigenvalue weighted by atomic mass is 16.2. The van der Waals surface area contributed by atoms with Crippen LogP contribution < -0.4 is 0 Å². The quantitative estimate of drug-likeness (QED) is 0.557. The Hall–Kier alpha value is -3.55. The number of hydrogen-bond donors (Lipinski definition) is 0. The third kappa shape index (κ3) is 3.29. The van der Waals surface area contributed by atoms with E-state index in [1.807, 2.05) is 48.9 Å². The van der Waals surface area contributed by atoms with E-state index >= 15 is 0 Å². The number of carbonyl (C=O) groups excluding carboxylic acids is 1. The van der Waals surface area contributed by atoms with Gasteiger partial charge in [0.2, 0.25) is 5.82 Å². The minimum Gasteiger partial charge on any atom is -0.335 e. The van der Waals surface area contributed by atoms with Crippen molar-refractivity contribution in [2.45, 2.75) is 20.4 Å². The van der Waals surface area contributed by atoms with Gasteiger partial charge in [0.05, 0.1) is 11.4 Å². The average molecular weight is 361 g/mol. The van der Waals surface area contributed by atoms with E-state index in [-0.39, 0.29) is 11.7 Å². The van der Waals surface area contributed by atoms with Gasteiger partial charge >= 0.3 is 0 Å². The van der Waals surface area contributed by atoms with Crippen LogP contribution in [0, 0.1) is 13.8 Å². The lowest BCUT2D eigenvalue weighted by molar-refractivity contribution is 0.0773. The molecule has 0 atom stereocenters. The molecule has 8 heteroatoms. The number of hydrogen-bond acceptors (Lipinski definition) is 5. The highest BCUT2D eigenvalue weighted by molar-refractivity contribution is 5.90. The molecule has 0 unspecified atom stereocenters. The van der Waals surface area contributed by atoms with Crippen molar-refractivity contribution in [2.24, 2.45) is 0 Å². The van der Waals surface area contributed by atoms with Crippen molar-refractivity contribution in [2.75, 3.05) is 7.05 Å². The van der Waals surface area contributed by atoms with Crippen LogP contribution in [0.1, 0.15) is 27.6 Å². The highest BCUT2D eigenvalue weighted by Crippen LogP contribution is 2.15. The molecule has 4 rings (SSSR count). The first-order chi connectivity index (χ1) is 13.0. The predicted molar refractivity (Wildman–Crippen MR) is 99.6 cm³/mol. The van der Waals surface area contributed by atoms with Gasteiger partial charge in [-0.2, -0.15) is 10.1 Å². The maximum Gasteiger partial charge on any atom is 0.293 e. The average Bonchev–Trinajstić information content (AvgIpc) is 3.23. The van der Waals surface area contributed by atoms with Crippen molar-refractivity contribution >= 4 is 11.7 Å². The Morgan fingerprint density at radius 2 is 2.00 bits per heavy atom. The van der Waals surface area contributed by atoms with E-state index in [9.17, 15) is 4.79 Å². The molecule has 136 valence electrons. The smallest absolute Gasteiger partial charge is 0.293 e. The van der Waals surface area contributed by atoms with E-state index in [0.29, 0.717) is 12.3 Å². The molecular weight excluding hydrogens is 342 g/mol. The standard InChI is InChI=1S/C19H19N7O/c1-13-10-14(2)26(22-13)16-7-4-6-15(11-16)12-24(3)18(27)17-21-19-20-8-5-9-25(19)23-17/h4-11H,12H2,1-3H3. The summed E-state index contributed by atoms with van der Waals surface area (Å²) < 4.78 is 3.39. The molecule has 0 fully saturated rings. The number of aromatic nitrogens is 6. The fourth-order valence-corrected chi connectivity index (χ4v) is 3.02. The van der Waals surface area contributed by atoms with Gasteiger partial charge in [0.1, 0.15) is 0 Å². The molecule has 0 spiro atoms. The minimum absolute atomic E-state index is 0.130. The van der Waals surface area contributed by atoms with Gasteiger partial charge in [-0.1, -0.05) is 12.1 Å². The van der Waals surface area contributed by atoms with Crippen molar-refractivity contribution in [3.8, 4) is 5.69 Å². The summed E-state index contributed by atoms with van der Waals surface area (Å²) in [6, 6.07) is 11.8. The van der Waals surface area contributed by atoms with Crippen LogP contribution in [0.3, 0.4) is 0 Å². The molecule has 0 aliphatic heterocycles. The van der Waals surface area contributed by atoms with Gasteiger partial charge in [-0.05, 0) is 43.7 Å². The van der Waals surface area contributed by atoms with Gasteiger partial charge < -0.3 is 4.90 Å². The molecule has 1 aromatic carbocycles. The van der Waals surface area contributed by atoms with E-state index in [0.717, 1.165) is 22.6 Å². The molecule has 3 aromatic heterocycles. The second-order valence-corrected chi connectivity index (χ2v) is 6.47. The lowest BCUT2D eigenvalue weighted by atomic mass is 10.2. The van der Waals surface area contributed by atoms with Crippen LogP contribution in [0.15, 0.2) is 48.8 Å². The van der Waals surface area contributed by atoms with Crippen molar-refractivity contribution < 1.29 is 4.79 Å². The van der Waals surface area contributed by atoms with E-state index in [1.54, 1.807) is 30.4 Å². The lowest BCUT2D eigenvalue weighted by Gasteiger charge is -2.16. The monoisotopic (exact) mass is 361 g/mol. The highest BCUT2D eigenvalue weighted by Gasteiger charge is 2.18. The zero-order valence-electron chi connectivity index (χ0n) is 15.4. The Bertz CT molecular complexity index is 1100. The van der Waals surface area contributed by atoms with Gasteiger partial charge in [0.15, 0.2) is 0 Å². The number of nitrogens with zero attached hydrogens (tertiary/aromatic N) is 7. The summed E-state index contributed by atoms with van der Waals surface area (Å²) >= 11 is 0. The van der Waals surface area contributed by atoms with Gasteiger partial charge in [-0.3, -0.25) is 4.79 Å². The van der Waals surface area contributed by atoms with Crippen LogP contribution in [0.2, 0.25) is 0 Å². The third-order valence-corrected chi connectivity index (χ3v) is 4.24. The van der Waals surface area contributed by atoms with Crippen LogP contribution >= 0.6 is 0 Å². The first-order valence-corrected chi connectivity index (χ1v) is 8.57. The van der Waals surface area contributed by atoms with Gasteiger partial charge in [0.25, 0.3) is 11.7 Å². The molecule has 0 N–H and O–H groups in total. The fourth-order valence-electron chi connectivity index (χ4n) is 3.02. The molecular formula is C19H19N7O. The number of carbonyl (C=O) groups is 1. The first-order valence-electron chi connectivity index (χ1n) is 8.57. The number of aryl methyl sites for hydroxylation is 2. The minimum atomic E-state index is -0.253. The molecule has 27 heavy (non-hydrogen) atoms. The SMILES string of the molecule is Cc1cc(C)n(-c2cccc(CN(C)C(=O)c3nc4ncccn4n3)c2)n1. The summed E-state index contributed by atoms with van der Waals surface area (Å²) in [5, 5.41) is 8.71. The largest absolute Gasteiger partial charge is 0.335 e. The summed E-state index contributed by atoms with van der Waals surface area (Å²) in [5.74, 6) is 0.281. The van der Waals surface area contributed by atoms with Gasteiger partial charge in [-0.25, -0.2) is 14.2 Å². The van der Waals surface area contributed by atoms with Crippen LogP contribution in [0.5, 0.6) is 0 Å². The van der Waals surface area contributed by atoms with Crippen molar-refractivity contribution in [3.05, 3.63) is 71.6 Å². The summed E-state index contributed by atoms with van der Waals surface area (Å²) in [6.45, 7) is 4.43. The predicted octanol–water partition coefficient (Wildman–Crippen LogP) is 2.20. The topological polar surface area (TPSA) is 81.2 Å². The normalized spacial score (nSPS) is 11.1. The lowest BCUT2D eigenvalue weighted by Crippen LogP contribution is -2.27. The maximum atomic E-state index is 12.7. The second-order valence-electron chi connectivity index (χ2n) is 6.47. The summed E-state index contributed by atoms with van der Waals surface area (Å²) in [6.07, 6.45) is 3.33. The molecule has 0 aliphatic carbocycles. The van der Waals surface area contributed by atoms with Crippen LogP contribution in [-0.4, -0.2) is 47.2 Å². The Labute approximate surface area is 156 Å². The zero-order chi connectivity index (χ0) is 19.0. The molecule has 0 saturated heterocycles. The third-order valence-electron chi connectivity index (χ3n) is 4.24. The molecule has 0 saturated carbocycles. The molecule has 1 amide bonds. The van der Waals surface area contributed by atoms with Crippen molar-refractivity contribution in [3.63, 3.8) is 0 Å². The molecule has 0 aliphatic rings. The number of fused-ring (bicyclic) bond motifs is 1. The number of amides is 1. The number of rotatable bonds is 4. The van der Waals surface area contributed by atoms with Crippen LogP contribution in [0.25, 0.3) is 11.5 Å². The number of benzene rings is 1. The van der Waals surface area contributed by atoms with Gasteiger partial charge in [-0.15, -0.1) is 5.10 Å². The molecule has 0 bridgehead atoms. The Morgan fingerprint density at radius 3 is 2.74 bits per heavy atom. The first kappa shape index (κ1) is 16.9. The second kappa shape index (κ2) is 6.64. The van der Waals surface area contributed by atoms with E-state index < -0.39 is 0 Å². The Kier molecular flexibility index (Phi) is 4.15. The summed E-state index contributed by atoms with van der Waals surface area (Å²) in [7, 11) is 1.73. The zero-order valence-corrected chi connectivity index (χ0v) is 15.4. The maximum absolute atomic E-state index is 12.7. The Morgan fingerprint density at radius 1 is 1.15 bits per heavy atom. The van der Waals surface area contributed by atoms with E-state index in [1.165, 1.54) is 4.52 Å². The van der Waals surface area contributed by atoms with E-state index in [2.05, 4.69) is 20.2 Å². The molecule has 0 radical (unpaired) electrons. The molecule has 8 nitrogen and oxygen atoms in total. The summed E-state index contributed by atoms with van der Waals surface area (Å²) in [4.78, 5) is 22.5. The van der Waals surface area contributed by atoms with Gasteiger partial charge in [0, 0.05) is 31.7 Å².